The Morgan fingerprint density at radius 1 is 1.11 bits per heavy atom. The fourth-order valence-electron chi connectivity index (χ4n) is 6.34. The van der Waals surface area contributed by atoms with Crippen molar-refractivity contribution in [2.24, 2.45) is 0 Å². The van der Waals surface area contributed by atoms with Crippen molar-refractivity contribution in [1.82, 2.24) is 9.80 Å². The lowest BCUT2D eigenvalue weighted by Crippen LogP contribution is -2.59. The molecule has 3 aliphatic heterocycles. The molecule has 2 amide bonds. The normalized spacial score (nSPS) is 22.4. The first-order valence-electron chi connectivity index (χ1n) is 14.0. The molecule has 0 radical (unpaired) electrons. The molecular weight excluding hydrogens is 762 g/mol. The van der Waals surface area contributed by atoms with Crippen LogP contribution in [0.15, 0.2) is 59.5 Å². The highest BCUT2D eigenvalue weighted by atomic mass is 127. The van der Waals surface area contributed by atoms with Crippen molar-refractivity contribution >= 4 is 50.1 Å². The molecule has 1 N–H and O–H groups in total. The number of ether oxygens (including phenoxy) is 4. The molecule has 47 heavy (non-hydrogen) atoms. The highest BCUT2D eigenvalue weighted by molar-refractivity contribution is 14.1. The van der Waals surface area contributed by atoms with Crippen LogP contribution in [0.3, 0.4) is 0 Å². The zero-order valence-corrected chi connectivity index (χ0v) is 27.9. The molecule has 3 heterocycles. The van der Waals surface area contributed by atoms with E-state index in [1.807, 2.05) is 22.6 Å². The van der Waals surface area contributed by atoms with Crippen LogP contribution >= 0.6 is 22.6 Å². The number of nitrogens with zero attached hydrogens (tertiary/aromatic N) is 3. The summed E-state index contributed by atoms with van der Waals surface area (Å²) >= 11 is 1.98. The van der Waals surface area contributed by atoms with E-state index < -0.39 is 56.5 Å². The Hall–Kier alpha value is -3.81. The van der Waals surface area contributed by atoms with Crippen LogP contribution < -0.4 is 23.3 Å². The number of anilines is 1. The molecule has 250 valence electrons. The first-order chi connectivity index (χ1) is 22.1. The summed E-state index contributed by atoms with van der Waals surface area (Å²) in [6, 6.07) is 10.7. The fourth-order valence-corrected chi connectivity index (χ4v) is 8.39. The molecule has 0 bridgehead atoms. The van der Waals surface area contributed by atoms with Crippen molar-refractivity contribution in [1.29, 1.82) is 0 Å². The zero-order chi connectivity index (χ0) is 34.1. The number of β-amino-alcohol motifs (C(OH)–C–C–N with tert-alkyl or cyclic N) is 1. The van der Waals surface area contributed by atoms with Gasteiger partial charge in [-0.2, -0.15) is 0 Å². The van der Waals surface area contributed by atoms with Gasteiger partial charge in [0, 0.05) is 41.4 Å². The average molecular weight is 790 g/mol. The molecular formula is C30H27F3IN3O9S. The van der Waals surface area contributed by atoms with Gasteiger partial charge in [-0.1, -0.05) is 12.1 Å². The van der Waals surface area contributed by atoms with Gasteiger partial charge in [0.2, 0.25) is 12.7 Å². The van der Waals surface area contributed by atoms with Crippen LogP contribution in [0, 0.1) is 3.57 Å². The van der Waals surface area contributed by atoms with Gasteiger partial charge in [0.15, 0.2) is 22.8 Å². The number of likely N-dealkylation sites (N-methyl/N-ethyl adjacent to an activating group) is 1. The lowest BCUT2D eigenvalue weighted by molar-refractivity contribution is -0.275. The van der Waals surface area contributed by atoms with Crippen molar-refractivity contribution in [3.63, 3.8) is 0 Å². The molecule has 6 rings (SSSR count). The molecule has 0 saturated carbocycles. The number of carbonyl (C=O) groups excluding carboxylic acids is 2. The topological polar surface area (TPSA) is 135 Å². The second kappa shape index (κ2) is 11.7. The summed E-state index contributed by atoms with van der Waals surface area (Å²) in [6.07, 6.45) is -6.49. The minimum atomic E-state index is -5.29. The Kier molecular flexibility index (Phi) is 8.25. The van der Waals surface area contributed by atoms with E-state index in [0.29, 0.717) is 7.88 Å². The predicted octanol–water partition coefficient (Wildman–Crippen LogP) is 3.43. The molecule has 12 nitrogen and oxygen atoms in total. The summed E-state index contributed by atoms with van der Waals surface area (Å²) in [7, 11) is -1.00. The molecule has 1 fully saturated rings. The molecule has 3 aromatic carbocycles. The maximum absolute atomic E-state index is 15.3. The molecule has 0 aliphatic carbocycles. The van der Waals surface area contributed by atoms with Gasteiger partial charge in [-0.05, 0) is 65.4 Å². The lowest BCUT2D eigenvalue weighted by atomic mass is 9.80. The number of aliphatic hydroxyl groups excluding tert-OH is 1. The summed E-state index contributed by atoms with van der Waals surface area (Å²) in [6.45, 7) is -0.464. The monoisotopic (exact) mass is 789 g/mol. The molecule has 1 saturated heterocycles. The lowest BCUT2D eigenvalue weighted by Gasteiger charge is -2.41. The van der Waals surface area contributed by atoms with Gasteiger partial charge in [-0.3, -0.25) is 14.5 Å². The van der Waals surface area contributed by atoms with Gasteiger partial charge in [-0.15, -0.1) is 13.2 Å². The summed E-state index contributed by atoms with van der Waals surface area (Å²) in [5, 5.41) is 11.0. The van der Waals surface area contributed by atoms with E-state index in [0.717, 1.165) is 18.2 Å². The third kappa shape index (κ3) is 5.32. The van der Waals surface area contributed by atoms with Crippen molar-refractivity contribution in [3.05, 3.63) is 69.3 Å². The maximum atomic E-state index is 15.3. The third-order valence-electron chi connectivity index (χ3n) is 8.18. The van der Waals surface area contributed by atoms with Crippen molar-refractivity contribution < 1.29 is 55.2 Å². The minimum absolute atomic E-state index is 0.0908. The number of aliphatic hydroxyl groups is 1. The highest BCUT2D eigenvalue weighted by Gasteiger charge is 2.64. The molecule has 3 atom stereocenters. The van der Waals surface area contributed by atoms with Gasteiger partial charge in [0.1, 0.15) is 10.6 Å². The second-order valence-electron chi connectivity index (χ2n) is 11.1. The zero-order valence-electron chi connectivity index (χ0n) is 24.9. The third-order valence-corrected chi connectivity index (χ3v) is 10.6. The molecule has 3 aromatic rings. The number of carbonyl (C=O) groups is 2. The summed E-state index contributed by atoms with van der Waals surface area (Å²) < 4.78 is 91.3. The van der Waals surface area contributed by atoms with E-state index in [9.17, 15) is 31.5 Å². The smallest absolute Gasteiger partial charge is 0.497 e. The quantitative estimate of drug-likeness (QED) is 0.355. The van der Waals surface area contributed by atoms with E-state index in [2.05, 4.69) is 4.74 Å². The number of hydrogen-bond acceptors (Lipinski definition) is 10. The maximum Gasteiger partial charge on any atom is 0.573 e. The van der Waals surface area contributed by atoms with Crippen LogP contribution in [0.5, 0.6) is 23.0 Å². The molecule has 1 unspecified atom stereocenters. The molecule has 0 spiro atoms. The predicted molar refractivity (Wildman–Crippen MR) is 167 cm³/mol. The number of halogens is 4. The first-order valence-corrected chi connectivity index (χ1v) is 16.5. The number of sulfonamides is 1. The Bertz CT molecular complexity index is 1890. The second-order valence-corrected chi connectivity index (χ2v) is 14.1. The number of likely N-dealkylation sites (tertiary alicyclic amines) is 1. The fraction of sp³-hybridized carbons (Fsp3) is 0.333. The van der Waals surface area contributed by atoms with Gasteiger partial charge in [-0.25, -0.2) is 12.7 Å². The first kappa shape index (κ1) is 33.1. The van der Waals surface area contributed by atoms with Crippen LogP contribution in [0.1, 0.15) is 17.5 Å². The van der Waals surface area contributed by atoms with Gasteiger partial charge >= 0.3 is 6.36 Å². The van der Waals surface area contributed by atoms with Crippen LogP contribution in [-0.2, 0) is 25.2 Å². The molecule has 0 aromatic heterocycles. The minimum Gasteiger partial charge on any atom is -0.497 e. The number of alkyl halides is 3. The molecule has 3 aliphatic rings. The SMILES string of the molecule is COc1ccc(S(=O)(=O)N2C(=O)C(c3cccc4c3OCO4)(N3C[C@H](O)C[C@H]3C(=O)N(C)C)c3cc(I)ccc32)c(OC(F)(F)F)c1. The average Bonchev–Trinajstić information content (AvgIpc) is 3.70. The number of para-hydroxylation sites is 1. The van der Waals surface area contributed by atoms with Gasteiger partial charge in [0.05, 0.1) is 24.9 Å². The molecule has 17 heteroatoms. The number of fused-ring (bicyclic) bond motifs is 2. The number of benzene rings is 3. The number of rotatable bonds is 7. The standard InChI is InChI=1S/C30H27F3IN3O9S/c1-35(2)27(39)22-12-17(38)14-36(22)29(19-5-4-6-23-26(19)45-15-44-23)20-11-16(34)7-9-21(20)37(28(29)40)47(41,42)25-10-8-18(43-3)13-24(25)46-30(31,32)33/h4-11,13,17,22,38H,12,14-15H2,1-3H3/t17-,22+,29?/m1/s1. The Morgan fingerprint density at radius 3 is 2.53 bits per heavy atom. The Labute approximate surface area is 280 Å². The van der Waals surface area contributed by atoms with Crippen LogP contribution in [0.4, 0.5) is 18.9 Å². The van der Waals surface area contributed by atoms with Crippen molar-refractivity contribution in [2.45, 2.75) is 35.4 Å². The van der Waals surface area contributed by atoms with Crippen LogP contribution in [-0.4, -0.2) is 88.2 Å². The number of hydrogen-bond donors (Lipinski definition) is 1. The van der Waals surface area contributed by atoms with E-state index in [1.165, 1.54) is 49.2 Å². The summed E-state index contributed by atoms with van der Waals surface area (Å²) in [5.41, 5.74) is -2.11. The number of amides is 2. The van der Waals surface area contributed by atoms with E-state index in [4.69, 9.17) is 14.2 Å². The van der Waals surface area contributed by atoms with Gasteiger partial charge < -0.3 is 29.0 Å². The summed E-state index contributed by atoms with van der Waals surface area (Å²) in [4.78, 5) is 30.7. The van der Waals surface area contributed by atoms with Crippen LogP contribution in [0.2, 0.25) is 0 Å². The van der Waals surface area contributed by atoms with Crippen molar-refractivity contribution in [3.8, 4) is 23.0 Å². The summed E-state index contributed by atoms with van der Waals surface area (Å²) in [5.74, 6) is -2.51. The van der Waals surface area contributed by atoms with E-state index in [1.54, 1.807) is 18.2 Å². The Balaban J connectivity index is 1.66. The Morgan fingerprint density at radius 2 is 1.85 bits per heavy atom. The largest absolute Gasteiger partial charge is 0.573 e. The van der Waals surface area contributed by atoms with Crippen molar-refractivity contribution in [2.75, 3.05) is 38.8 Å². The van der Waals surface area contributed by atoms with Crippen LogP contribution in [0.25, 0.3) is 0 Å². The number of methoxy groups -OCH3 is 1. The van der Waals surface area contributed by atoms with Gasteiger partial charge in [0.25, 0.3) is 15.9 Å². The van der Waals surface area contributed by atoms with E-state index >= 15 is 4.79 Å². The van der Waals surface area contributed by atoms with E-state index in [-0.39, 0.29) is 53.8 Å². The highest BCUT2D eigenvalue weighted by Crippen LogP contribution is 2.57.